The molecule has 0 aliphatic carbocycles. The number of pyridine rings is 1. The average Bonchev–Trinajstić information content (AvgIpc) is 2.56. The van der Waals surface area contributed by atoms with Crippen molar-refractivity contribution in [2.75, 3.05) is 5.32 Å². The molecule has 4 nitrogen and oxygen atoms in total. The van der Waals surface area contributed by atoms with Gasteiger partial charge < -0.3 is 5.32 Å². The highest BCUT2D eigenvalue weighted by atomic mass is 16.1. The molecular formula is C18H19N3O. The maximum absolute atomic E-state index is 11.9. The quantitative estimate of drug-likeness (QED) is 0.792. The molecule has 0 radical (unpaired) electrons. The van der Waals surface area contributed by atoms with Gasteiger partial charge in [-0.15, -0.1) is 0 Å². The Morgan fingerprint density at radius 3 is 2.68 bits per heavy atom. The van der Waals surface area contributed by atoms with Crippen molar-refractivity contribution in [3.63, 3.8) is 0 Å². The molecule has 22 heavy (non-hydrogen) atoms. The fourth-order valence-corrected chi connectivity index (χ4v) is 2.23. The van der Waals surface area contributed by atoms with Gasteiger partial charge in [0.1, 0.15) is 11.9 Å². The van der Waals surface area contributed by atoms with Crippen molar-refractivity contribution in [3.05, 3.63) is 59.8 Å². The minimum Gasteiger partial charge on any atom is -0.310 e. The monoisotopic (exact) mass is 293 g/mol. The lowest BCUT2D eigenvalue weighted by Crippen LogP contribution is -2.13. The molecule has 0 atom stereocenters. The molecule has 0 spiro atoms. The molecule has 0 bridgehead atoms. The molecule has 0 unspecified atom stereocenters. The van der Waals surface area contributed by atoms with Crippen LogP contribution in [0.15, 0.2) is 48.7 Å². The van der Waals surface area contributed by atoms with E-state index in [0.29, 0.717) is 17.8 Å². The molecule has 4 heteroatoms. The van der Waals surface area contributed by atoms with E-state index in [9.17, 15) is 4.79 Å². The summed E-state index contributed by atoms with van der Waals surface area (Å²) in [6, 6.07) is 15.7. The third-order valence-electron chi connectivity index (χ3n) is 3.40. The van der Waals surface area contributed by atoms with E-state index in [1.165, 1.54) is 5.56 Å². The maximum Gasteiger partial charge on any atom is 0.225 e. The molecular weight excluding hydrogens is 274 g/mol. The first kappa shape index (κ1) is 15.7. The lowest BCUT2D eigenvalue weighted by atomic mass is 10.1. The van der Waals surface area contributed by atoms with Crippen LogP contribution in [0.3, 0.4) is 0 Å². The van der Waals surface area contributed by atoms with Crippen molar-refractivity contribution in [2.45, 2.75) is 32.1 Å². The SMILES string of the molecule is N#Cc1cccnc1NC(=O)CCCCCc1ccccc1. The average molecular weight is 293 g/mol. The van der Waals surface area contributed by atoms with Crippen LogP contribution in [0, 0.1) is 11.3 Å². The zero-order valence-corrected chi connectivity index (χ0v) is 12.5. The fourth-order valence-electron chi connectivity index (χ4n) is 2.23. The van der Waals surface area contributed by atoms with E-state index >= 15 is 0 Å². The minimum atomic E-state index is -0.0880. The van der Waals surface area contributed by atoms with Crippen molar-refractivity contribution in [1.82, 2.24) is 4.98 Å². The summed E-state index contributed by atoms with van der Waals surface area (Å²) in [5, 5.41) is 11.6. The van der Waals surface area contributed by atoms with E-state index < -0.39 is 0 Å². The molecule has 1 N–H and O–H groups in total. The Bertz CT molecular complexity index is 647. The van der Waals surface area contributed by atoms with Gasteiger partial charge in [0.2, 0.25) is 5.91 Å². The summed E-state index contributed by atoms with van der Waals surface area (Å²) < 4.78 is 0. The molecule has 1 aromatic carbocycles. The number of nitrogens with one attached hydrogen (secondary N) is 1. The topological polar surface area (TPSA) is 65.8 Å². The number of hydrogen-bond acceptors (Lipinski definition) is 3. The van der Waals surface area contributed by atoms with Crippen LogP contribution in [-0.4, -0.2) is 10.9 Å². The summed E-state index contributed by atoms with van der Waals surface area (Å²) in [4.78, 5) is 15.9. The first-order valence-electron chi connectivity index (χ1n) is 7.48. The van der Waals surface area contributed by atoms with Crippen LogP contribution in [-0.2, 0) is 11.2 Å². The van der Waals surface area contributed by atoms with Crippen LogP contribution in [0.2, 0.25) is 0 Å². The molecule has 0 saturated carbocycles. The molecule has 0 fully saturated rings. The molecule has 1 heterocycles. The van der Waals surface area contributed by atoms with Gasteiger partial charge in [0.05, 0.1) is 5.56 Å². The van der Waals surface area contributed by atoms with E-state index in [-0.39, 0.29) is 5.91 Å². The second-order valence-corrected chi connectivity index (χ2v) is 5.11. The number of nitriles is 1. The Kier molecular flexibility index (Phi) is 6.13. The molecule has 1 amide bonds. The number of unbranched alkanes of at least 4 members (excludes halogenated alkanes) is 2. The van der Waals surface area contributed by atoms with Crippen LogP contribution in [0.25, 0.3) is 0 Å². The Hall–Kier alpha value is -2.67. The number of carbonyl (C=O) groups is 1. The third-order valence-corrected chi connectivity index (χ3v) is 3.40. The Balaban J connectivity index is 1.67. The van der Waals surface area contributed by atoms with Gasteiger partial charge in [0.15, 0.2) is 0 Å². The Labute approximate surface area is 130 Å². The van der Waals surface area contributed by atoms with Gasteiger partial charge >= 0.3 is 0 Å². The largest absolute Gasteiger partial charge is 0.310 e. The number of benzene rings is 1. The summed E-state index contributed by atoms with van der Waals surface area (Å²) >= 11 is 0. The first-order chi connectivity index (χ1) is 10.8. The Morgan fingerprint density at radius 2 is 1.91 bits per heavy atom. The number of amides is 1. The van der Waals surface area contributed by atoms with Crippen LogP contribution in [0.5, 0.6) is 0 Å². The summed E-state index contributed by atoms with van der Waals surface area (Å²) in [5.41, 5.74) is 1.72. The number of aryl methyl sites for hydroxylation is 1. The number of carbonyl (C=O) groups excluding carboxylic acids is 1. The summed E-state index contributed by atoms with van der Waals surface area (Å²) in [7, 11) is 0. The first-order valence-corrected chi connectivity index (χ1v) is 7.48. The molecule has 0 aliphatic rings. The molecule has 0 aliphatic heterocycles. The predicted molar refractivity (Wildman–Crippen MR) is 86.2 cm³/mol. The van der Waals surface area contributed by atoms with Crippen LogP contribution >= 0.6 is 0 Å². The number of nitrogens with zero attached hydrogens (tertiary/aromatic N) is 2. The highest BCUT2D eigenvalue weighted by Crippen LogP contribution is 2.12. The zero-order valence-electron chi connectivity index (χ0n) is 12.5. The minimum absolute atomic E-state index is 0.0880. The van der Waals surface area contributed by atoms with E-state index in [1.54, 1.807) is 18.3 Å². The van der Waals surface area contributed by atoms with Crippen molar-refractivity contribution >= 4 is 11.7 Å². The number of hydrogen-bond donors (Lipinski definition) is 1. The smallest absolute Gasteiger partial charge is 0.225 e. The molecule has 0 saturated heterocycles. The van der Waals surface area contributed by atoms with Crippen LogP contribution in [0.4, 0.5) is 5.82 Å². The van der Waals surface area contributed by atoms with Crippen LogP contribution < -0.4 is 5.32 Å². The van der Waals surface area contributed by atoms with E-state index in [2.05, 4.69) is 22.4 Å². The van der Waals surface area contributed by atoms with Gasteiger partial charge in [-0.1, -0.05) is 36.8 Å². The lowest BCUT2D eigenvalue weighted by molar-refractivity contribution is -0.116. The van der Waals surface area contributed by atoms with Gasteiger partial charge in [-0.3, -0.25) is 4.79 Å². The van der Waals surface area contributed by atoms with E-state index in [4.69, 9.17) is 5.26 Å². The highest BCUT2D eigenvalue weighted by molar-refractivity contribution is 5.90. The normalized spacial score (nSPS) is 9.95. The molecule has 2 rings (SSSR count). The Morgan fingerprint density at radius 1 is 1.09 bits per heavy atom. The summed E-state index contributed by atoms with van der Waals surface area (Å²) in [6.07, 6.45) is 5.99. The van der Waals surface area contributed by atoms with Crippen molar-refractivity contribution in [2.24, 2.45) is 0 Å². The summed E-state index contributed by atoms with van der Waals surface area (Å²) in [6.45, 7) is 0. The molecule has 112 valence electrons. The van der Waals surface area contributed by atoms with Gasteiger partial charge in [0.25, 0.3) is 0 Å². The van der Waals surface area contributed by atoms with Crippen LogP contribution in [0.1, 0.15) is 36.8 Å². The maximum atomic E-state index is 11.9. The molecule has 1 aromatic heterocycles. The zero-order chi connectivity index (χ0) is 15.6. The fraction of sp³-hybridized carbons (Fsp3) is 0.278. The van der Waals surface area contributed by atoms with E-state index in [1.807, 2.05) is 24.3 Å². The number of aromatic nitrogens is 1. The van der Waals surface area contributed by atoms with Gasteiger partial charge in [0, 0.05) is 12.6 Å². The molecule has 2 aromatic rings. The van der Waals surface area contributed by atoms with Gasteiger partial charge in [-0.05, 0) is 37.0 Å². The number of anilines is 1. The van der Waals surface area contributed by atoms with Gasteiger partial charge in [-0.25, -0.2) is 4.98 Å². The third kappa shape index (κ3) is 5.02. The van der Waals surface area contributed by atoms with Crippen molar-refractivity contribution in [1.29, 1.82) is 5.26 Å². The van der Waals surface area contributed by atoms with E-state index in [0.717, 1.165) is 25.7 Å². The van der Waals surface area contributed by atoms with Crippen molar-refractivity contribution in [3.8, 4) is 6.07 Å². The second-order valence-electron chi connectivity index (χ2n) is 5.11. The number of rotatable bonds is 7. The predicted octanol–water partition coefficient (Wildman–Crippen LogP) is 3.69. The second kappa shape index (κ2) is 8.58. The summed E-state index contributed by atoms with van der Waals surface area (Å²) in [5.74, 6) is 0.259. The van der Waals surface area contributed by atoms with Crippen molar-refractivity contribution < 1.29 is 4.79 Å². The van der Waals surface area contributed by atoms with Gasteiger partial charge in [-0.2, -0.15) is 5.26 Å². The standard InChI is InChI=1S/C18H19N3O/c19-14-16-11-7-13-20-18(16)21-17(22)12-6-2-5-10-15-8-3-1-4-9-15/h1,3-4,7-9,11,13H,2,5-6,10,12H2,(H,20,21,22). The lowest BCUT2D eigenvalue weighted by Gasteiger charge is -2.05. The highest BCUT2D eigenvalue weighted by Gasteiger charge is 2.07.